The van der Waals surface area contributed by atoms with Crippen LogP contribution in [0.2, 0.25) is 0 Å². The Hall–Kier alpha value is -1.79. The fourth-order valence-electron chi connectivity index (χ4n) is 2.14. The van der Waals surface area contributed by atoms with Gasteiger partial charge in [0, 0.05) is 6.54 Å². The lowest BCUT2D eigenvalue weighted by atomic mass is 10.2. The standard InChI is InChI=1S/C14H13BrN4O/c1-2-19-13(9(15)7-17-19)14(20)12-8-16-10-5-3-4-6-11(10)18-12/h3-8,14,20H,2H2,1H3. The van der Waals surface area contributed by atoms with Crippen LogP contribution in [0, 0.1) is 0 Å². The summed E-state index contributed by atoms with van der Waals surface area (Å²) < 4.78 is 2.51. The fourth-order valence-corrected chi connectivity index (χ4v) is 2.65. The van der Waals surface area contributed by atoms with Gasteiger partial charge in [0.25, 0.3) is 0 Å². The molecule has 0 spiro atoms. The first-order valence-corrected chi connectivity index (χ1v) is 7.11. The summed E-state index contributed by atoms with van der Waals surface area (Å²) >= 11 is 3.41. The van der Waals surface area contributed by atoms with Crippen molar-refractivity contribution in [1.29, 1.82) is 0 Å². The van der Waals surface area contributed by atoms with E-state index in [1.54, 1.807) is 17.1 Å². The van der Waals surface area contributed by atoms with E-state index in [-0.39, 0.29) is 0 Å². The highest BCUT2D eigenvalue weighted by molar-refractivity contribution is 9.10. The minimum atomic E-state index is -0.857. The van der Waals surface area contributed by atoms with Gasteiger partial charge in [0.15, 0.2) is 0 Å². The van der Waals surface area contributed by atoms with Crippen molar-refractivity contribution in [3.63, 3.8) is 0 Å². The third-order valence-corrected chi connectivity index (χ3v) is 3.75. The van der Waals surface area contributed by atoms with E-state index in [9.17, 15) is 5.11 Å². The van der Waals surface area contributed by atoms with Crippen LogP contribution in [-0.4, -0.2) is 24.9 Å². The molecule has 0 aliphatic carbocycles. The van der Waals surface area contributed by atoms with Crippen LogP contribution in [0.25, 0.3) is 11.0 Å². The Morgan fingerprint density at radius 2 is 2.00 bits per heavy atom. The summed E-state index contributed by atoms with van der Waals surface area (Å²) in [6, 6.07) is 7.59. The lowest BCUT2D eigenvalue weighted by molar-refractivity contribution is 0.202. The number of aliphatic hydroxyl groups excluding tert-OH is 1. The van der Waals surface area contributed by atoms with Crippen molar-refractivity contribution in [1.82, 2.24) is 19.7 Å². The van der Waals surface area contributed by atoms with Gasteiger partial charge in [-0.1, -0.05) is 12.1 Å². The number of para-hydroxylation sites is 2. The summed E-state index contributed by atoms with van der Waals surface area (Å²) in [6.07, 6.45) is 2.42. The summed E-state index contributed by atoms with van der Waals surface area (Å²) in [6.45, 7) is 2.65. The molecule has 0 amide bonds. The third-order valence-electron chi connectivity index (χ3n) is 3.14. The lowest BCUT2D eigenvalue weighted by Crippen LogP contribution is -2.11. The van der Waals surface area contributed by atoms with Crippen LogP contribution in [0.15, 0.2) is 41.1 Å². The third kappa shape index (κ3) is 2.21. The monoisotopic (exact) mass is 332 g/mol. The molecule has 0 aliphatic heterocycles. The van der Waals surface area contributed by atoms with Gasteiger partial charge in [-0.2, -0.15) is 5.10 Å². The first kappa shape index (κ1) is 13.2. The second kappa shape index (κ2) is 5.30. The van der Waals surface area contributed by atoms with Crippen LogP contribution in [0.5, 0.6) is 0 Å². The molecule has 1 atom stereocenters. The second-order valence-corrected chi connectivity index (χ2v) is 5.23. The Morgan fingerprint density at radius 1 is 1.25 bits per heavy atom. The Balaban J connectivity index is 2.07. The molecule has 102 valence electrons. The van der Waals surface area contributed by atoms with Gasteiger partial charge >= 0.3 is 0 Å². The van der Waals surface area contributed by atoms with E-state index in [0.29, 0.717) is 17.9 Å². The number of aliphatic hydroxyl groups is 1. The first-order valence-electron chi connectivity index (χ1n) is 6.31. The summed E-state index contributed by atoms with van der Waals surface area (Å²) in [4.78, 5) is 8.80. The Labute approximate surface area is 124 Å². The topological polar surface area (TPSA) is 63.8 Å². The number of aryl methyl sites for hydroxylation is 1. The summed E-state index contributed by atoms with van der Waals surface area (Å²) in [7, 11) is 0. The van der Waals surface area contributed by atoms with E-state index in [1.807, 2.05) is 31.2 Å². The van der Waals surface area contributed by atoms with E-state index in [1.165, 1.54) is 0 Å². The van der Waals surface area contributed by atoms with Crippen molar-refractivity contribution >= 4 is 27.0 Å². The zero-order valence-electron chi connectivity index (χ0n) is 10.9. The number of nitrogens with zero attached hydrogens (tertiary/aromatic N) is 4. The molecule has 20 heavy (non-hydrogen) atoms. The molecular formula is C14H13BrN4O. The Bertz CT molecular complexity index is 756. The number of benzene rings is 1. The maximum absolute atomic E-state index is 10.5. The minimum absolute atomic E-state index is 0.514. The van der Waals surface area contributed by atoms with Crippen LogP contribution in [0.1, 0.15) is 24.4 Å². The molecule has 2 heterocycles. The number of rotatable bonds is 3. The molecule has 0 bridgehead atoms. The van der Waals surface area contributed by atoms with Gasteiger partial charge in [-0.3, -0.25) is 9.67 Å². The van der Waals surface area contributed by atoms with Gasteiger partial charge in [0.1, 0.15) is 6.10 Å². The predicted octanol–water partition coefficient (Wildman–Crippen LogP) is 2.69. The predicted molar refractivity (Wildman–Crippen MR) is 79.2 cm³/mol. The van der Waals surface area contributed by atoms with Crippen LogP contribution in [0.4, 0.5) is 0 Å². The average molecular weight is 333 g/mol. The molecule has 0 fully saturated rings. The maximum atomic E-state index is 10.5. The summed E-state index contributed by atoms with van der Waals surface area (Å²) in [5, 5.41) is 14.7. The van der Waals surface area contributed by atoms with Gasteiger partial charge in [0.05, 0.1) is 39.3 Å². The molecule has 0 aliphatic rings. The van der Waals surface area contributed by atoms with Gasteiger partial charge in [-0.25, -0.2) is 4.98 Å². The average Bonchev–Trinajstić information content (AvgIpc) is 2.87. The highest BCUT2D eigenvalue weighted by Gasteiger charge is 2.20. The van der Waals surface area contributed by atoms with Gasteiger partial charge in [0.2, 0.25) is 0 Å². The van der Waals surface area contributed by atoms with Crippen LogP contribution in [-0.2, 0) is 6.54 Å². The zero-order valence-corrected chi connectivity index (χ0v) is 12.4. The summed E-state index contributed by atoms with van der Waals surface area (Å²) in [5.41, 5.74) is 2.78. The van der Waals surface area contributed by atoms with Crippen LogP contribution >= 0.6 is 15.9 Å². The zero-order chi connectivity index (χ0) is 14.1. The highest BCUT2D eigenvalue weighted by atomic mass is 79.9. The van der Waals surface area contributed by atoms with Crippen LogP contribution < -0.4 is 0 Å². The Morgan fingerprint density at radius 3 is 2.75 bits per heavy atom. The minimum Gasteiger partial charge on any atom is -0.380 e. The first-order chi connectivity index (χ1) is 9.70. The molecular weight excluding hydrogens is 320 g/mol. The van der Waals surface area contributed by atoms with Crippen molar-refractivity contribution in [2.24, 2.45) is 0 Å². The molecule has 3 rings (SSSR count). The number of hydrogen-bond donors (Lipinski definition) is 1. The smallest absolute Gasteiger partial charge is 0.140 e. The van der Waals surface area contributed by atoms with Crippen molar-refractivity contribution in [3.05, 3.63) is 52.5 Å². The SMILES string of the molecule is CCn1ncc(Br)c1C(O)c1cnc2ccccc2n1. The molecule has 1 N–H and O–H groups in total. The molecule has 1 aromatic carbocycles. The highest BCUT2D eigenvalue weighted by Crippen LogP contribution is 2.27. The molecule has 6 heteroatoms. The normalized spacial score (nSPS) is 12.8. The van der Waals surface area contributed by atoms with E-state index in [0.717, 1.165) is 15.5 Å². The molecule has 2 aromatic heterocycles. The molecule has 1 unspecified atom stereocenters. The van der Waals surface area contributed by atoms with Crippen molar-refractivity contribution < 1.29 is 5.11 Å². The maximum Gasteiger partial charge on any atom is 0.140 e. The van der Waals surface area contributed by atoms with Crippen molar-refractivity contribution in [2.45, 2.75) is 19.6 Å². The number of hydrogen-bond acceptors (Lipinski definition) is 4. The van der Waals surface area contributed by atoms with E-state index in [4.69, 9.17) is 0 Å². The van der Waals surface area contributed by atoms with E-state index in [2.05, 4.69) is 31.0 Å². The number of aromatic nitrogens is 4. The van der Waals surface area contributed by atoms with Crippen molar-refractivity contribution in [3.8, 4) is 0 Å². The van der Waals surface area contributed by atoms with Crippen molar-refractivity contribution in [2.75, 3.05) is 0 Å². The lowest BCUT2D eigenvalue weighted by Gasteiger charge is -2.13. The van der Waals surface area contributed by atoms with Crippen LogP contribution in [0.3, 0.4) is 0 Å². The van der Waals surface area contributed by atoms with E-state index < -0.39 is 6.10 Å². The Kier molecular flexibility index (Phi) is 3.50. The van der Waals surface area contributed by atoms with E-state index >= 15 is 0 Å². The van der Waals surface area contributed by atoms with Gasteiger partial charge < -0.3 is 5.11 Å². The fraction of sp³-hybridized carbons (Fsp3) is 0.214. The number of fused-ring (bicyclic) bond motifs is 1. The number of halogens is 1. The van der Waals surface area contributed by atoms with Gasteiger partial charge in [-0.05, 0) is 35.0 Å². The molecule has 0 radical (unpaired) electrons. The summed E-state index contributed by atoms with van der Waals surface area (Å²) in [5.74, 6) is 0. The molecule has 0 saturated heterocycles. The molecule has 5 nitrogen and oxygen atoms in total. The largest absolute Gasteiger partial charge is 0.380 e. The van der Waals surface area contributed by atoms with Gasteiger partial charge in [-0.15, -0.1) is 0 Å². The molecule has 3 aromatic rings. The second-order valence-electron chi connectivity index (χ2n) is 4.38. The molecule has 0 saturated carbocycles. The quantitative estimate of drug-likeness (QED) is 0.800.